The standard InChI is InChI=1S/C14H20O2.C5H11F.CH2O2/c1-5-11(2)13(15)14(3,4)16-12-9-7-6-8-10-12;1-2-3-4-5-6;2-1-3/h6-11H,5H2,1-4H3;2-5H2,1H3;1H,(H,2,3). The first kappa shape index (κ1) is 25.3. The Morgan fingerprint density at radius 3 is 2.12 bits per heavy atom. The second-order valence-electron chi connectivity index (χ2n) is 6.10. The maximum atomic E-state index is 12.1. The molecule has 0 aliphatic rings. The van der Waals surface area contributed by atoms with Gasteiger partial charge in [0.25, 0.3) is 6.47 Å². The summed E-state index contributed by atoms with van der Waals surface area (Å²) in [7, 11) is 0. The fourth-order valence-electron chi connectivity index (χ4n) is 1.96. The Labute approximate surface area is 151 Å². The van der Waals surface area contributed by atoms with Crippen LogP contribution in [0.1, 0.15) is 60.3 Å². The van der Waals surface area contributed by atoms with E-state index in [0.717, 1.165) is 31.4 Å². The van der Waals surface area contributed by atoms with E-state index in [2.05, 4.69) is 6.92 Å². The largest absolute Gasteiger partial charge is 0.483 e. The summed E-state index contributed by atoms with van der Waals surface area (Å²) in [5.41, 5.74) is -0.753. The molecule has 0 saturated heterocycles. The molecule has 1 aromatic rings. The Morgan fingerprint density at radius 1 is 1.24 bits per heavy atom. The number of ketones is 1. The number of hydrogen-bond donors (Lipinski definition) is 1. The van der Waals surface area contributed by atoms with Crippen LogP contribution in [0.3, 0.4) is 0 Å². The van der Waals surface area contributed by atoms with E-state index in [9.17, 15) is 9.18 Å². The first-order valence-electron chi connectivity index (χ1n) is 8.72. The number of hydrogen-bond acceptors (Lipinski definition) is 3. The van der Waals surface area contributed by atoms with Crippen molar-refractivity contribution in [2.45, 2.75) is 65.9 Å². The number of unbranched alkanes of at least 4 members (excludes halogenated alkanes) is 2. The predicted octanol–water partition coefficient (Wildman–Crippen LogP) is 5.31. The molecule has 0 radical (unpaired) electrons. The lowest BCUT2D eigenvalue weighted by Crippen LogP contribution is -2.41. The molecular formula is C20H33FO4. The molecule has 0 bridgehead atoms. The van der Waals surface area contributed by atoms with Gasteiger partial charge in [0, 0.05) is 5.92 Å². The number of benzene rings is 1. The summed E-state index contributed by atoms with van der Waals surface area (Å²) in [5, 5.41) is 6.89. The molecule has 0 aliphatic heterocycles. The molecule has 0 aromatic heterocycles. The first-order chi connectivity index (χ1) is 11.8. The lowest BCUT2D eigenvalue weighted by Gasteiger charge is -2.27. The molecular weight excluding hydrogens is 323 g/mol. The molecule has 1 unspecified atom stereocenters. The van der Waals surface area contributed by atoms with Gasteiger partial charge >= 0.3 is 0 Å². The van der Waals surface area contributed by atoms with Crippen LogP contribution in [0.15, 0.2) is 30.3 Å². The quantitative estimate of drug-likeness (QED) is 0.507. The Hall–Kier alpha value is -1.91. The lowest BCUT2D eigenvalue weighted by molar-refractivity contribution is -0.135. The molecule has 0 spiro atoms. The van der Waals surface area contributed by atoms with Gasteiger partial charge in [-0.05, 0) is 38.8 Å². The first-order valence-corrected chi connectivity index (χ1v) is 8.72. The molecule has 1 atom stereocenters. The minimum absolute atomic E-state index is 0.0405. The van der Waals surface area contributed by atoms with E-state index in [4.69, 9.17) is 14.6 Å². The lowest BCUT2D eigenvalue weighted by atomic mass is 9.91. The molecule has 144 valence electrons. The summed E-state index contributed by atoms with van der Waals surface area (Å²) < 4.78 is 16.9. The highest BCUT2D eigenvalue weighted by molar-refractivity contribution is 5.88. The Morgan fingerprint density at radius 2 is 1.76 bits per heavy atom. The number of carboxylic acid groups (broad SMARTS) is 1. The molecule has 0 aliphatic carbocycles. The summed E-state index contributed by atoms with van der Waals surface area (Å²) in [4.78, 5) is 20.4. The fraction of sp³-hybridized carbons (Fsp3) is 0.600. The van der Waals surface area contributed by atoms with E-state index in [0.29, 0.717) is 0 Å². The number of carbonyl (C=O) groups is 2. The van der Waals surface area contributed by atoms with Crippen molar-refractivity contribution in [2.75, 3.05) is 6.67 Å². The van der Waals surface area contributed by atoms with Crippen LogP contribution < -0.4 is 4.74 Å². The molecule has 0 heterocycles. The minimum atomic E-state index is -0.753. The third kappa shape index (κ3) is 13.1. The van der Waals surface area contributed by atoms with Crippen LogP contribution in [-0.4, -0.2) is 29.6 Å². The third-order valence-corrected chi connectivity index (χ3v) is 3.51. The highest BCUT2D eigenvalue weighted by atomic mass is 19.1. The maximum Gasteiger partial charge on any atom is 0.290 e. The van der Waals surface area contributed by atoms with Crippen LogP contribution in [0.5, 0.6) is 5.75 Å². The van der Waals surface area contributed by atoms with Gasteiger partial charge in [-0.1, -0.05) is 51.8 Å². The van der Waals surface area contributed by atoms with Crippen molar-refractivity contribution >= 4 is 12.3 Å². The summed E-state index contributed by atoms with van der Waals surface area (Å²) in [6.45, 7) is 9.28. The zero-order valence-corrected chi connectivity index (χ0v) is 16.1. The number of halogens is 1. The topological polar surface area (TPSA) is 63.6 Å². The van der Waals surface area contributed by atoms with Gasteiger partial charge in [0.05, 0.1) is 6.67 Å². The molecule has 25 heavy (non-hydrogen) atoms. The van der Waals surface area contributed by atoms with Crippen molar-refractivity contribution in [1.82, 2.24) is 0 Å². The van der Waals surface area contributed by atoms with Gasteiger partial charge in [0.2, 0.25) is 0 Å². The molecule has 0 saturated carbocycles. The fourth-order valence-corrected chi connectivity index (χ4v) is 1.96. The summed E-state index contributed by atoms with van der Waals surface area (Å²) in [6.07, 6.45) is 3.75. The summed E-state index contributed by atoms with van der Waals surface area (Å²) in [6, 6.07) is 9.46. The van der Waals surface area contributed by atoms with Crippen LogP contribution in [-0.2, 0) is 9.59 Å². The van der Waals surface area contributed by atoms with Crippen molar-refractivity contribution in [1.29, 1.82) is 0 Å². The van der Waals surface area contributed by atoms with Gasteiger partial charge in [-0.15, -0.1) is 0 Å². The smallest absolute Gasteiger partial charge is 0.290 e. The van der Waals surface area contributed by atoms with Crippen LogP contribution in [0.4, 0.5) is 4.39 Å². The summed E-state index contributed by atoms with van der Waals surface area (Å²) >= 11 is 0. The summed E-state index contributed by atoms with van der Waals surface area (Å²) in [5.74, 6) is 0.932. The van der Waals surface area contributed by atoms with Crippen LogP contribution in [0.2, 0.25) is 0 Å². The van der Waals surface area contributed by atoms with Gasteiger partial charge in [-0.2, -0.15) is 0 Å². The van der Waals surface area contributed by atoms with Gasteiger partial charge in [0.1, 0.15) is 5.75 Å². The van der Waals surface area contributed by atoms with Crippen molar-refractivity contribution in [2.24, 2.45) is 5.92 Å². The van der Waals surface area contributed by atoms with E-state index in [1.165, 1.54) is 0 Å². The van der Waals surface area contributed by atoms with E-state index < -0.39 is 5.60 Å². The number of ether oxygens (including phenoxy) is 1. The van der Waals surface area contributed by atoms with Gasteiger partial charge in [-0.3, -0.25) is 14.0 Å². The van der Waals surface area contributed by atoms with Crippen molar-refractivity contribution in [3.05, 3.63) is 30.3 Å². The van der Waals surface area contributed by atoms with Gasteiger partial charge < -0.3 is 9.84 Å². The SMILES string of the molecule is CCC(C)C(=O)C(C)(C)Oc1ccccc1.CCCCCF.O=CO. The predicted molar refractivity (Wildman–Crippen MR) is 99.8 cm³/mol. The monoisotopic (exact) mass is 356 g/mol. The third-order valence-electron chi connectivity index (χ3n) is 3.51. The van der Waals surface area contributed by atoms with E-state index in [-0.39, 0.29) is 24.8 Å². The van der Waals surface area contributed by atoms with Crippen molar-refractivity contribution < 1.29 is 23.8 Å². The average Bonchev–Trinajstić information content (AvgIpc) is 2.60. The molecule has 0 fully saturated rings. The molecule has 1 aromatic carbocycles. The molecule has 1 rings (SSSR count). The minimum Gasteiger partial charge on any atom is -0.483 e. The van der Waals surface area contributed by atoms with Gasteiger partial charge in [-0.25, -0.2) is 0 Å². The number of para-hydroxylation sites is 1. The number of carbonyl (C=O) groups excluding carboxylic acids is 1. The van der Waals surface area contributed by atoms with Crippen LogP contribution in [0.25, 0.3) is 0 Å². The van der Waals surface area contributed by atoms with Crippen LogP contribution in [0, 0.1) is 5.92 Å². The van der Waals surface area contributed by atoms with Gasteiger partial charge in [0.15, 0.2) is 11.4 Å². The second kappa shape index (κ2) is 15.6. The Bertz CT molecular complexity index is 442. The van der Waals surface area contributed by atoms with E-state index in [1.807, 2.05) is 58.0 Å². The van der Waals surface area contributed by atoms with E-state index >= 15 is 0 Å². The van der Waals surface area contributed by atoms with Crippen molar-refractivity contribution in [3.63, 3.8) is 0 Å². The zero-order chi connectivity index (χ0) is 19.7. The maximum absolute atomic E-state index is 12.1. The zero-order valence-electron chi connectivity index (χ0n) is 16.1. The van der Waals surface area contributed by atoms with E-state index in [1.54, 1.807) is 0 Å². The Balaban J connectivity index is 0. The normalized spacial score (nSPS) is 11.1. The highest BCUT2D eigenvalue weighted by Gasteiger charge is 2.32. The second-order valence-corrected chi connectivity index (χ2v) is 6.10. The molecule has 5 heteroatoms. The average molecular weight is 356 g/mol. The highest BCUT2D eigenvalue weighted by Crippen LogP contribution is 2.22. The number of alkyl halides is 1. The number of rotatable bonds is 8. The molecule has 1 N–H and O–H groups in total. The van der Waals surface area contributed by atoms with Crippen molar-refractivity contribution in [3.8, 4) is 5.75 Å². The molecule has 4 nitrogen and oxygen atoms in total. The Kier molecular flexibility index (Phi) is 15.8. The number of Topliss-reactive ketones (excluding diaryl/α,β-unsaturated/α-hetero) is 1. The molecule has 0 amide bonds. The van der Waals surface area contributed by atoms with Crippen LogP contribution >= 0.6 is 0 Å².